The van der Waals surface area contributed by atoms with Crippen LogP contribution in [0.15, 0.2) is 30.5 Å². The van der Waals surface area contributed by atoms with Crippen LogP contribution in [0.4, 0.5) is 18.9 Å². The van der Waals surface area contributed by atoms with Crippen molar-refractivity contribution in [2.75, 3.05) is 18.4 Å². The van der Waals surface area contributed by atoms with Gasteiger partial charge in [0.25, 0.3) is 5.91 Å². The zero-order chi connectivity index (χ0) is 21.5. The summed E-state index contributed by atoms with van der Waals surface area (Å²) in [5.41, 5.74) is 0.322. The molecule has 1 aromatic carbocycles. The second kappa shape index (κ2) is 7.99. The first-order valence-corrected chi connectivity index (χ1v) is 10.5. The number of thiazole rings is 1. The highest BCUT2D eigenvalue weighted by molar-refractivity contribution is 7.17. The number of fused-ring (bicyclic) bond motifs is 3. The first-order valence-electron chi connectivity index (χ1n) is 9.72. The molecule has 10 heteroatoms. The average molecular weight is 438 g/mol. The third-order valence-electron chi connectivity index (χ3n) is 5.87. The monoisotopic (exact) mass is 438 g/mol. The number of nitrogens with zero attached hydrogens (tertiary/aromatic N) is 2. The van der Waals surface area contributed by atoms with Crippen molar-refractivity contribution >= 4 is 28.8 Å². The summed E-state index contributed by atoms with van der Waals surface area (Å²) in [6.45, 7) is 4.24. The Hall–Kier alpha value is -2.46. The van der Waals surface area contributed by atoms with Gasteiger partial charge in [-0.2, -0.15) is 13.2 Å². The predicted octanol–water partition coefficient (Wildman–Crippen LogP) is 3.52. The number of carbonyl (C=O) groups is 2. The Labute approximate surface area is 175 Å². The molecule has 4 heterocycles. The van der Waals surface area contributed by atoms with Gasteiger partial charge in [0.2, 0.25) is 0 Å². The Balaban J connectivity index is 1.51. The lowest BCUT2D eigenvalue weighted by Crippen LogP contribution is -2.62. The van der Waals surface area contributed by atoms with Crippen LogP contribution in [0.2, 0.25) is 0 Å². The van der Waals surface area contributed by atoms with Crippen molar-refractivity contribution in [2.45, 2.75) is 38.0 Å². The fourth-order valence-electron chi connectivity index (χ4n) is 4.24. The van der Waals surface area contributed by atoms with Crippen LogP contribution in [0.25, 0.3) is 10.6 Å². The van der Waals surface area contributed by atoms with Crippen LogP contribution in [0.3, 0.4) is 0 Å². The fourth-order valence-corrected chi connectivity index (χ4v) is 5.10. The minimum absolute atomic E-state index is 0.00727. The molecule has 3 aliphatic heterocycles. The lowest BCUT2D eigenvalue weighted by atomic mass is 9.79. The molecule has 160 valence electrons. The van der Waals surface area contributed by atoms with E-state index in [-0.39, 0.29) is 23.7 Å². The molecule has 3 aliphatic rings. The van der Waals surface area contributed by atoms with Gasteiger partial charge in [0, 0.05) is 17.6 Å². The zero-order valence-corrected chi connectivity index (χ0v) is 17.0. The normalized spacial score (nSPS) is 25.7. The number of rotatable bonds is 4. The van der Waals surface area contributed by atoms with Gasteiger partial charge in [0.15, 0.2) is 0 Å². The Morgan fingerprint density at radius 2 is 1.90 bits per heavy atom. The van der Waals surface area contributed by atoms with Crippen LogP contribution in [0.1, 0.15) is 29.4 Å². The Morgan fingerprint density at radius 3 is 2.57 bits per heavy atom. The number of nitrogens with one attached hydrogen (secondary N) is 2. The summed E-state index contributed by atoms with van der Waals surface area (Å²) < 4.78 is 37.8. The van der Waals surface area contributed by atoms with E-state index in [9.17, 15) is 22.8 Å². The van der Waals surface area contributed by atoms with Gasteiger partial charge in [-0.15, -0.1) is 11.3 Å². The molecular formula is C20H21F3N4O2S. The lowest BCUT2D eigenvalue weighted by molar-refractivity contribution is -0.167. The minimum Gasteiger partial charge on any atom is -0.347 e. The Morgan fingerprint density at radius 1 is 1.20 bits per heavy atom. The average Bonchev–Trinajstić information content (AvgIpc) is 3.21. The molecule has 3 fully saturated rings. The first-order chi connectivity index (χ1) is 14.2. The van der Waals surface area contributed by atoms with Gasteiger partial charge in [-0.25, -0.2) is 4.98 Å². The van der Waals surface area contributed by atoms with E-state index in [1.165, 1.54) is 18.3 Å². The van der Waals surface area contributed by atoms with Crippen molar-refractivity contribution < 1.29 is 22.8 Å². The van der Waals surface area contributed by atoms with Crippen molar-refractivity contribution in [1.82, 2.24) is 15.2 Å². The largest absolute Gasteiger partial charge is 0.471 e. The van der Waals surface area contributed by atoms with Crippen molar-refractivity contribution in [3.63, 3.8) is 0 Å². The van der Waals surface area contributed by atoms with E-state index in [0.717, 1.165) is 37.3 Å². The molecule has 0 spiro atoms. The van der Waals surface area contributed by atoms with Gasteiger partial charge in [0.1, 0.15) is 9.88 Å². The topological polar surface area (TPSA) is 74.3 Å². The van der Waals surface area contributed by atoms with Gasteiger partial charge in [0.05, 0.1) is 11.9 Å². The molecular weight excluding hydrogens is 417 g/mol. The number of para-hydroxylation sites is 1. The summed E-state index contributed by atoms with van der Waals surface area (Å²) in [4.78, 5) is 31.1. The van der Waals surface area contributed by atoms with Crippen molar-refractivity contribution in [3.05, 3.63) is 35.3 Å². The molecule has 2 N–H and O–H groups in total. The maximum Gasteiger partial charge on any atom is 0.471 e. The highest BCUT2D eigenvalue weighted by Gasteiger charge is 2.41. The van der Waals surface area contributed by atoms with Crippen LogP contribution < -0.4 is 10.6 Å². The van der Waals surface area contributed by atoms with E-state index in [4.69, 9.17) is 0 Å². The van der Waals surface area contributed by atoms with Crippen LogP contribution >= 0.6 is 11.3 Å². The number of piperidine rings is 3. The maximum absolute atomic E-state index is 12.8. The molecule has 0 saturated carbocycles. The number of hydrogen-bond acceptors (Lipinski definition) is 5. The highest BCUT2D eigenvalue weighted by atomic mass is 32.1. The summed E-state index contributed by atoms with van der Waals surface area (Å²) >= 11 is 1.08. The lowest BCUT2D eigenvalue weighted by Gasteiger charge is -2.49. The number of hydrogen-bond donors (Lipinski definition) is 2. The van der Waals surface area contributed by atoms with Crippen LogP contribution in [-0.2, 0) is 4.79 Å². The zero-order valence-electron chi connectivity index (χ0n) is 16.2. The highest BCUT2D eigenvalue weighted by Crippen LogP contribution is 2.34. The van der Waals surface area contributed by atoms with Crippen molar-refractivity contribution in [1.29, 1.82) is 0 Å². The fraction of sp³-hybridized carbons (Fsp3) is 0.450. The van der Waals surface area contributed by atoms with Gasteiger partial charge < -0.3 is 10.6 Å². The molecule has 0 aliphatic carbocycles. The van der Waals surface area contributed by atoms with Crippen LogP contribution in [-0.4, -0.2) is 53.0 Å². The van der Waals surface area contributed by atoms with E-state index < -0.39 is 12.1 Å². The molecule has 2 amide bonds. The van der Waals surface area contributed by atoms with Gasteiger partial charge in [-0.1, -0.05) is 12.1 Å². The first kappa shape index (κ1) is 20.8. The molecule has 2 aromatic rings. The number of amides is 2. The molecule has 2 atom stereocenters. The number of halogens is 3. The minimum atomic E-state index is -4.99. The molecule has 3 saturated heterocycles. The summed E-state index contributed by atoms with van der Waals surface area (Å²) in [5.74, 6) is -1.83. The molecule has 0 unspecified atom stereocenters. The van der Waals surface area contributed by atoms with Crippen LogP contribution in [0, 0.1) is 5.92 Å². The third kappa shape index (κ3) is 4.06. The third-order valence-corrected chi connectivity index (χ3v) is 6.90. The quantitative estimate of drug-likeness (QED) is 0.766. The van der Waals surface area contributed by atoms with Crippen molar-refractivity contribution in [3.8, 4) is 10.6 Å². The summed E-state index contributed by atoms with van der Waals surface area (Å²) in [6.07, 6.45) is -1.44. The summed E-state index contributed by atoms with van der Waals surface area (Å²) in [7, 11) is 0. The second-order valence-corrected chi connectivity index (χ2v) is 8.67. The summed E-state index contributed by atoms with van der Waals surface area (Å²) in [6, 6.07) is 6.42. The van der Waals surface area contributed by atoms with Gasteiger partial charge in [-0.3, -0.25) is 14.5 Å². The molecule has 0 radical (unpaired) electrons. The number of anilines is 1. The van der Waals surface area contributed by atoms with Crippen molar-refractivity contribution in [2.24, 2.45) is 5.92 Å². The Bertz CT molecular complexity index is 952. The van der Waals surface area contributed by atoms with Gasteiger partial charge in [-0.05, 0) is 50.9 Å². The summed E-state index contributed by atoms with van der Waals surface area (Å²) in [5, 5.41) is 5.35. The Kier molecular flexibility index (Phi) is 5.54. The number of carbonyl (C=O) groups excluding carboxylic acids is 2. The molecule has 2 bridgehead atoms. The number of alkyl halides is 3. The number of aromatic nitrogens is 1. The second-order valence-electron chi connectivity index (χ2n) is 7.64. The van der Waals surface area contributed by atoms with E-state index in [1.807, 2.05) is 5.32 Å². The molecule has 30 heavy (non-hydrogen) atoms. The van der Waals surface area contributed by atoms with E-state index in [2.05, 4.69) is 22.1 Å². The van der Waals surface area contributed by atoms with Gasteiger partial charge >= 0.3 is 12.1 Å². The van der Waals surface area contributed by atoms with E-state index >= 15 is 0 Å². The molecule has 1 aromatic heterocycles. The maximum atomic E-state index is 12.8. The van der Waals surface area contributed by atoms with Crippen LogP contribution in [0.5, 0.6) is 0 Å². The standard InChI is InChI=1S/C20H21F3N4O2S/c1-11-16(12-6-8-27(11)9-7-12)26-17(28)15-10-24-18(30-15)13-4-2-3-5-14(13)25-19(29)20(21,22)23/h2-5,10-12,16H,6-9H2,1H3,(H,25,29)(H,26,28)/t11-,16+/m1/s1. The number of benzene rings is 1. The smallest absolute Gasteiger partial charge is 0.347 e. The molecule has 5 rings (SSSR count). The predicted molar refractivity (Wildman–Crippen MR) is 107 cm³/mol. The SMILES string of the molecule is C[C@@H]1[C@H](NC(=O)c2cnc(-c3ccccc3NC(=O)C(F)(F)F)s2)C2CCN1CC2. The van der Waals surface area contributed by atoms with E-state index in [1.54, 1.807) is 12.1 Å². The molecule has 6 nitrogen and oxygen atoms in total. The van der Waals surface area contributed by atoms with E-state index in [0.29, 0.717) is 21.4 Å².